The lowest BCUT2D eigenvalue weighted by Gasteiger charge is -2.04. The standard InChI is InChI=1S/C10H11FN2O2/c1-2-6-15-10(14)13-7-9-8(11)4-3-5-12-9/h2-5H,1,6-7H2,(H,13,14). The van der Waals surface area contributed by atoms with Crippen LogP contribution in [0.15, 0.2) is 31.0 Å². The average Bonchev–Trinajstić information content (AvgIpc) is 2.25. The lowest BCUT2D eigenvalue weighted by molar-refractivity contribution is 0.157. The Hall–Kier alpha value is -1.91. The summed E-state index contributed by atoms with van der Waals surface area (Å²) in [6.07, 6.45) is 2.27. The summed E-state index contributed by atoms with van der Waals surface area (Å²) in [6.45, 7) is 3.51. The molecule has 0 aliphatic rings. The molecule has 15 heavy (non-hydrogen) atoms. The summed E-state index contributed by atoms with van der Waals surface area (Å²) in [4.78, 5) is 14.7. The van der Waals surface area contributed by atoms with Crippen LogP contribution in [0.5, 0.6) is 0 Å². The van der Waals surface area contributed by atoms with Gasteiger partial charge in [0.2, 0.25) is 0 Å². The number of nitrogens with one attached hydrogen (secondary N) is 1. The number of amides is 1. The summed E-state index contributed by atoms with van der Waals surface area (Å²) in [5.74, 6) is -0.457. The van der Waals surface area contributed by atoms with E-state index in [0.717, 1.165) is 0 Å². The molecule has 0 unspecified atom stereocenters. The van der Waals surface area contributed by atoms with E-state index in [2.05, 4.69) is 21.6 Å². The monoisotopic (exact) mass is 210 g/mol. The maximum Gasteiger partial charge on any atom is 0.407 e. The zero-order valence-corrected chi connectivity index (χ0v) is 8.07. The van der Waals surface area contributed by atoms with E-state index < -0.39 is 11.9 Å². The van der Waals surface area contributed by atoms with Gasteiger partial charge in [-0.15, -0.1) is 0 Å². The molecule has 0 aliphatic carbocycles. The number of aromatic nitrogens is 1. The highest BCUT2D eigenvalue weighted by molar-refractivity contribution is 5.67. The van der Waals surface area contributed by atoms with Crippen molar-refractivity contribution in [2.24, 2.45) is 0 Å². The third-order valence-electron chi connectivity index (χ3n) is 1.57. The first kappa shape index (κ1) is 11.2. The number of nitrogens with zero attached hydrogens (tertiary/aromatic N) is 1. The van der Waals surface area contributed by atoms with Crippen molar-refractivity contribution in [3.05, 3.63) is 42.5 Å². The van der Waals surface area contributed by atoms with Gasteiger partial charge in [-0.3, -0.25) is 4.98 Å². The van der Waals surface area contributed by atoms with E-state index in [0.29, 0.717) is 0 Å². The van der Waals surface area contributed by atoms with E-state index in [-0.39, 0.29) is 18.8 Å². The molecule has 0 fully saturated rings. The minimum Gasteiger partial charge on any atom is -0.445 e. The topological polar surface area (TPSA) is 51.2 Å². The quantitative estimate of drug-likeness (QED) is 0.768. The summed E-state index contributed by atoms with van der Waals surface area (Å²) in [5, 5.41) is 2.36. The molecule has 0 aromatic carbocycles. The molecule has 1 N–H and O–H groups in total. The van der Waals surface area contributed by atoms with Crippen LogP contribution in [-0.4, -0.2) is 17.7 Å². The molecule has 0 spiro atoms. The van der Waals surface area contributed by atoms with Gasteiger partial charge in [-0.1, -0.05) is 12.7 Å². The Kier molecular flexibility index (Phi) is 4.28. The van der Waals surface area contributed by atoms with Crippen molar-refractivity contribution in [3.8, 4) is 0 Å². The van der Waals surface area contributed by atoms with Gasteiger partial charge in [0.1, 0.15) is 12.4 Å². The molecule has 1 heterocycles. The van der Waals surface area contributed by atoms with Crippen molar-refractivity contribution >= 4 is 6.09 Å². The Bertz CT molecular complexity index is 355. The second-order valence-electron chi connectivity index (χ2n) is 2.67. The molecule has 5 heteroatoms. The number of rotatable bonds is 4. The van der Waals surface area contributed by atoms with Gasteiger partial charge in [-0.2, -0.15) is 0 Å². The van der Waals surface area contributed by atoms with Gasteiger partial charge >= 0.3 is 6.09 Å². The first-order chi connectivity index (χ1) is 7.24. The van der Waals surface area contributed by atoms with E-state index in [9.17, 15) is 9.18 Å². The van der Waals surface area contributed by atoms with Crippen LogP contribution in [0.2, 0.25) is 0 Å². The van der Waals surface area contributed by atoms with Gasteiger partial charge in [0.05, 0.1) is 12.2 Å². The molecule has 1 amide bonds. The van der Waals surface area contributed by atoms with Crippen molar-refractivity contribution in [1.82, 2.24) is 10.3 Å². The van der Waals surface area contributed by atoms with Crippen molar-refractivity contribution in [2.75, 3.05) is 6.61 Å². The van der Waals surface area contributed by atoms with Crippen molar-refractivity contribution in [1.29, 1.82) is 0 Å². The maximum atomic E-state index is 13.0. The van der Waals surface area contributed by atoms with E-state index in [1.54, 1.807) is 0 Å². The molecule has 0 radical (unpaired) electrons. The fourth-order valence-electron chi connectivity index (χ4n) is 0.890. The summed E-state index contributed by atoms with van der Waals surface area (Å²) < 4.78 is 17.7. The van der Waals surface area contributed by atoms with Crippen LogP contribution in [0.25, 0.3) is 0 Å². The maximum absolute atomic E-state index is 13.0. The first-order valence-corrected chi connectivity index (χ1v) is 4.35. The fourth-order valence-corrected chi connectivity index (χ4v) is 0.890. The molecule has 0 atom stereocenters. The van der Waals surface area contributed by atoms with E-state index >= 15 is 0 Å². The molecule has 0 saturated heterocycles. The van der Waals surface area contributed by atoms with Gasteiger partial charge in [0.25, 0.3) is 0 Å². The number of carbonyl (C=O) groups is 1. The van der Waals surface area contributed by atoms with Crippen LogP contribution in [0.3, 0.4) is 0 Å². The van der Waals surface area contributed by atoms with Gasteiger partial charge < -0.3 is 10.1 Å². The van der Waals surface area contributed by atoms with Crippen LogP contribution < -0.4 is 5.32 Å². The second kappa shape index (κ2) is 5.74. The van der Waals surface area contributed by atoms with Gasteiger partial charge in [0, 0.05) is 6.20 Å². The number of halogens is 1. The SMILES string of the molecule is C=CCOC(=O)NCc1ncccc1F. The molecule has 1 rings (SSSR count). The van der Waals surface area contributed by atoms with Gasteiger partial charge in [-0.25, -0.2) is 9.18 Å². The van der Waals surface area contributed by atoms with Crippen LogP contribution in [0, 0.1) is 5.82 Å². The van der Waals surface area contributed by atoms with E-state index in [1.165, 1.54) is 24.4 Å². The van der Waals surface area contributed by atoms with Crippen LogP contribution in [0.1, 0.15) is 5.69 Å². The van der Waals surface area contributed by atoms with Gasteiger partial charge in [-0.05, 0) is 12.1 Å². The van der Waals surface area contributed by atoms with Crippen molar-refractivity contribution in [2.45, 2.75) is 6.54 Å². The number of carbonyl (C=O) groups excluding carboxylic acids is 1. The minimum atomic E-state index is -0.625. The zero-order chi connectivity index (χ0) is 11.1. The Morgan fingerprint density at radius 1 is 1.73 bits per heavy atom. The average molecular weight is 210 g/mol. The Balaban J connectivity index is 2.40. The number of ether oxygens (including phenoxy) is 1. The third kappa shape index (κ3) is 3.76. The largest absolute Gasteiger partial charge is 0.445 e. The summed E-state index contributed by atoms with van der Waals surface area (Å²) >= 11 is 0. The summed E-state index contributed by atoms with van der Waals surface area (Å²) in [7, 11) is 0. The van der Waals surface area contributed by atoms with Crippen LogP contribution >= 0.6 is 0 Å². The van der Waals surface area contributed by atoms with Crippen LogP contribution in [-0.2, 0) is 11.3 Å². The minimum absolute atomic E-state index is 0.00263. The predicted molar refractivity (Wildman–Crippen MR) is 52.6 cm³/mol. The first-order valence-electron chi connectivity index (χ1n) is 4.35. The number of hydrogen-bond acceptors (Lipinski definition) is 3. The highest BCUT2D eigenvalue weighted by Crippen LogP contribution is 2.01. The van der Waals surface area contributed by atoms with Crippen molar-refractivity contribution in [3.63, 3.8) is 0 Å². The molecule has 0 aliphatic heterocycles. The normalized spacial score (nSPS) is 9.40. The smallest absolute Gasteiger partial charge is 0.407 e. The molecule has 1 aromatic heterocycles. The predicted octanol–water partition coefficient (Wildman–Crippen LogP) is 1.63. The lowest BCUT2D eigenvalue weighted by Crippen LogP contribution is -2.24. The number of alkyl carbamates (subject to hydrolysis) is 1. The molecule has 80 valence electrons. The van der Waals surface area contributed by atoms with Crippen molar-refractivity contribution < 1.29 is 13.9 Å². The fraction of sp³-hybridized carbons (Fsp3) is 0.200. The summed E-state index contributed by atoms with van der Waals surface area (Å²) in [6, 6.07) is 2.76. The highest BCUT2D eigenvalue weighted by Gasteiger charge is 2.05. The second-order valence-corrected chi connectivity index (χ2v) is 2.67. The number of hydrogen-bond donors (Lipinski definition) is 1. The Morgan fingerprint density at radius 3 is 3.20 bits per heavy atom. The molecule has 0 saturated carbocycles. The zero-order valence-electron chi connectivity index (χ0n) is 8.07. The van der Waals surface area contributed by atoms with E-state index in [4.69, 9.17) is 0 Å². The highest BCUT2D eigenvalue weighted by atomic mass is 19.1. The van der Waals surface area contributed by atoms with Gasteiger partial charge in [0.15, 0.2) is 0 Å². The molecule has 4 nitrogen and oxygen atoms in total. The number of pyridine rings is 1. The third-order valence-corrected chi connectivity index (χ3v) is 1.57. The van der Waals surface area contributed by atoms with Crippen LogP contribution in [0.4, 0.5) is 9.18 Å². The Morgan fingerprint density at radius 2 is 2.53 bits per heavy atom. The molecule has 1 aromatic rings. The Labute approximate surface area is 86.8 Å². The molecular weight excluding hydrogens is 199 g/mol. The molecular formula is C10H11FN2O2. The summed E-state index contributed by atoms with van der Waals surface area (Å²) in [5.41, 5.74) is 0.174. The molecule has 0 bridgehead atoms. The lowest BCUT2D eigenvalue weighted by atomic mass is 10.3. The van der Waals surface area contributed by atoms with E-state index in [1.807, 2.05) is 0 Å².